The quantitative estimate of drug-likeness (QED) is 0.640. The SMILES string of the molecule is COC(=O)[C@@H](C)C[C@H](Cc1ccc(F)cc1)NCl. The zero-order valence-electron chi connectivity index (χ0n) is 10.5. The normalized spacial score (nSPS) is 14.0. The molecule has 0 spiro atoms. The Hall–Kier alpha value is -1.13. The van der Waals surface area contributed by atoms with Gasteiger partial charge in [0.05, 0.1) is 13.0 Å². The van der Waals surface area contributed by atoms with Crippen molar-refractivity contribution in [3.63, 3.8) is 0 Å². The second kappa shape index (κ2) is 7.34. The molecule has 0 fully saturated rings. The Kier molecular flexibility index (Phi) is 6.09. The predicted octanol–water partition coefficient (Wildman–Crippen LogP) is 2.68. The number of carbonyl (C=O) groups excluding carboxylic acids is 1. The standard InChI is InChI=1S/C13H17ClFNO2/c1-9(13(17)18-2)7-12(16-14)8-10-3-5-11(15)6-4-10/h3-6,9,12,16H,7-8H2,1-2H3/t9-,12+/m0/s1. The molecule has 5 heteroatoms. The first-order chi connectivity index (χ1) is 8.56. The number of nitrogens with one attached hydrogen (secondary N) is 1. The van der Waals surface area contributed by atoms with Crippen molar-refractivity contribution in [2.45, 2.75) is 25.8 Å². The highest BCUT2D eigenvalue weighted by atomic mass is 35.5. The Morgan fingerprint density at radius 1 is 1.44 bits per heavy atom. The van der Waals surface area contributed by atoms with Crippen LogP contribution in [0.15, 0.2) is 24.3 Å². The summed E-state index contributed by atoms with van der Waals surface area (Å²) >= 11 is 5.66. The molecular formula is C13H17ClFNO2. The molecule has 2 atom stereocenters. The molecule has 100 valence electrons. The number of halogens is 2. The Morgan fingerprint density at radius 3 is 2.56 bits per heavy atom. The fraction of sp³-hybridized carbons (Fsp3) is 0.462. The molecule has 1 aromatic rings. The maximum absolute atomic E-state index is 12.8. The third-order valence-corrected chi connectivity index (χ3v) is 3.10. The van der Waals surface area contributed by atoms with E-state index in [1.54, 1.807) is 19.1 Å². The van der Waals surface area contributed by atoms with Crippen LogP contribution in [0.5, 0.6) is 0 Å². The summed E-state index contributed by atoms with van der Waals surface area (Å²) in [4.78, 5) is 14.0. The topological polar surface area (TPSA) is 38.3 Å². The Labute approximate surface area is 111 Å². The molecule has 0 aliphatic heterocycles. The van der Waals surface area contributed by atoms with E-state index in [2.05, 4.69) is 9.57 Å². The number of esters is 1. The summed E-state index contributed by atoms with van der Waals surface area (Å²) in [6.45, 7) is 1.79. The lowest BCUT2D eigenvalue weighted by molar-refractivity contribution is -0.145. The van der Waals surface area contributed by atoms with Crippen molar-refractivity contribution in [2.75, 3.05) is 7.11 Å². The number of carbonyl (C=O) groups is 1. The van der Waals surface area contributed by atoms with Gasteiger partial charge < -0.3 is 4.74 Å². The van der Waals surface area contributed by atoms with Gasteiger partial charge in [-0.05, 0) is 42.3 Å². The smallest absolute Gasteiger partial charge is 0.308 e. The molecule has 0 saturated carbocycles. The summed E-state index contributed by atoms with van der Waals surface area (Å²) in [7, 11) is 1.36. The molecule has 0 amide bonds. The van der Waals surface area contributed by atoms with Gasteiger partial charge in [-0.25, -0.2) is 9.23 Å². The summed E-state index contributed by atoms with van der Waals surface area (Å²) in [5.74, 6) is -0.755. The van der Waals surface area contributed by atoms with Crippen LogP contribution >= 0.6 is 11.8 Å². The molecule has 0 aliphatic rings. The summed E-state index contributed by atoms with van der Waals surface area (Å²) in [6.07, 6.45) is 1.19. The Morgan fingerprint density at radius 2 is 2.06 bits per heavy atom. The van der Waals surface area contributed by atoms with E-state index in [0.717, 1.165) is 5.56 Å². The molecule has 3 nitrogen and oxygen atoms in total. The van der Waals surface area contributed by atoms with Gasteiger partial charge in [-0.2, -0.15) is 0 Å². The zero-order chi connectivity index (χ0) is 13.5. The Balaban J connectivity index is 2.56. The van der Waals surface area contributed by atoms with Gasteiger partial charge >= 0.3 is 5.97 Å². The van der Waals surface area contributed by atoms with Crippen molar-refractivity contribution >= 4 is 17.7 Å². The van der Waals surface area contributed by atoms with Crippen LogP contribution in [-0.2, 0) is 16.0 Å². The van der Waals surface area contributed by atoms with Crippen molar-refractivity contribution in [1.29, 1.82) is 0 Å². The lowest BCUT2D eigenvalue weighted by atomic mass is 9.97. The molecule has 1 N–H and O–H groups in total. The van der Waals surface area contributed by atoms with Crippen LogP contribution < -0.4 is 4.84 Å². The van der Waals surface area contributed by atoms with Crippen LogP contribution in [0.1, 0.15) is 18.9 Å². The summed E-state index contributed by atoms with van der Waals surface area (Å²) in [6, 6.07) is 6.17. The highest BCUT2D eigenvalue weighted by molar-refractivity contribution is 6.13. The van der Waals surface area contributed by atoms with Gasteiger partial charge in [-0.3, -0.25) is 4.79 Å². The van der Waals surface area contributed by atoms with E-state index < -0.39 is 0 Å². The Bertz CT molecular complexity index is 383. The minimum absolute atomic E-state index is 0.0637. The highest BCUT2D eigenvalue weighted by Gasteiger charge is 2.19. The predicted molar refractivity (Wildman–Crippen MR) is 68.7 cm³/mol. The average Bonchev–Trinajstić information content (AvgIpc) is 2.39. The fourth-order valence-electron chi connectivity index (χ4n) is 1.80. The van der Waals surface area contributed by atoms with Crippen molar-refractivity contribution in [1.82, 2.24) is 4.84 Å². The molecule has 0 radical (unpaired) electrons. The van der Waals surface area contributed by atoms with Gasteiger partial charge in [-0.1, -0.05) is 19.1 Å². The molecule has 0 aromatic heterocycles. The molecule has 0 aliphatic carbocycles. The van der Waals surface area contributed by atoms with Gasteiger partial charge in [0.1, 0.15) is 5.82 Å². The highest BCUT2D eigenvalue weighted by Crippen LogP contribution is 2.14. The van der Waals surface area contributed by atoms with E-state index in [-0.39, 0.29) is 23.7 Å². The van der Waals surface area contributed by atoms with Crippen molar-refractivity contribution in [2.24, 2.45) is 5.92 Å². The zero-order valence-corrected chi connectivity index (χ0v) is 11.2. The van der Waals surface area contributed by atoms with Gasteiger partial charge in [0.25, 0.3) is 0 Å². The van der Waals surface area contributed by atoms with Gasteiger partial charge in [0, 0.05) is 6.04 Å². The first kappa shape index (κ1) is 14.9. The first-order valence-electron chi connectivity index (χ1n) is 5.75. The molecule has 0 heterocycles. The van der Waals surface area contributed by atoms with Crippen LogP contribution in [0, 0.1) is 11.7 Å². The molecule has 0 saturated heterocycles. The number of hydrogen-bond acceptors (Lipinski definition) is 3. The molecule has 0 bridgehead atoms. The second-order valence-electron chi connectivity index (χ2n) is 4.30. The van der Waals surface area contributed by atoms with E-state index in [0.29, 0.717) is 12.8 Å². The molecule has 0 unspecified atom stereocenters. The summed E-state index contributed by atoms with van der Waals surface area (Å²) < 4.78 is 17.4. The fourth-order valence-corrected chi connectivity index (χ4v) is 1.96. The van der Waals surface area contributed by atoms with E-state index in [1.165, 1.54) is 19.2 Å². The lowest BCUT2D eigenvalue weighted by Crippen LogP contribution is -2.29. The molecular weight excluding hydrogens is 257 g/mol. The van der Waals surface area contributed by atoms with E-state index in [9.17, 15) is 9.18 Å². The van der Waals surface area contributed by atoms with E-state index in [4.69, 9.17) is 11.8 Å². The van der Waals surface area contributed by atoms with Crippen LogP contribution in [0.4, 0.5) is 4.39 Å². The minimum atomic E-state index is -0.267. The third kappa shape index (κ3) is 4.63. The minimum Gasteiger partial charge on any atom is -0.469 e. The average molecular weight is 274 g/mol. The number of rotatable bonds is 6. The van der Waals surface area contributed by atoms with Gasteiger partial charge in [-0.15, -0.1) is 0 Å². The second-order valence-corrected chi connectivity index (χ2v) is 4.51. The molecule has 18 heavy (non-hydrogen) atoms. The van der Waals surface area contributed by atoms with Crippen LogP contribution in [0.3, 0.4) is 0 Å². The summed E-state index contributed by atoms with van der Waals surface area (Å²) in [5, 5.41) is 0. The molecule has 1 aromatic carbocycles. The van der Waals surface area contributed by atoms with Crippen molar-refractivity contribution in [3.05, 3.63) is 35.6 Å². The first-order valence-corrected chi connectivity index (χ1v) is 6.13. The van der Waals surface area contributed by atoms with Crippen LogP contribution in [0.2, 0.25) is 0 Å². The monoisotopic (exact) mass is 273 g/mol. The maximum atomic E-state index is 12.8. The van der Waals surface area contributed by atoms with Crippen molar-refractivity contribution in [3.8, 4) is 0 Å². The summed E-state index contributed by atoms with van der Waals surface area (Å²) in [5.41, 5.74) is 0.964. The van der Waals surface area contributed by atoms with Crippen LogP contribution in [0.25, 0.3) is 0 Å². The van der Waals surface area contributed by atoms with Crippen molar-refractivity contribution < 1.29 is 13.9 Å². The lowest BCUT2D eigenvalue weighted by Gasteiger charge is -2.18. The van der Waals surface area contributed by atoms with Crippen LogP contribution in [-0.4, -0.2) is 19.1 Å². The number of ether oxygens (including phenoxy) is 1. The van der Waals surface area contributed by atoms with E-state index in [1.807, 2.05) is 0 Å². The van der Waals surface area contributed by atoms with Gasteiger partial charge in [0.2, 0.25) is 0 Å². The third-order valence-electron chi connectivity index (χ3n) is 2.79. The number of hydrogen-bond donors (Lipinski definition) is 1. The largest absolute Gasteiger partial charge is 0.469 e. The number of methoxy groups -OCH3 is 1. The van der Waals surface area contributed by atoms with Gasteiger partial charge in [0.15, 0.2) is 0 Å². The molecule has 1 rings (SSSR count). The van der Waals surface area contributed by atoms with E-state index >= 15 is 0 Å². The maximum Gasteiger partial charge on any atom is 0.308 e. The number of benzene rings is 1.